The second-order valence-corrected chi connectivity index (χ2v) is 6.44. The Balaban J connectivity index is 1.70. The van der Waals surface area contributed by atoms with E-state index >= 15 is 0 Å². The SMILES string of the molecule is C=CCn1nnn(CN(C)Cc2nc3ccccc3s2)c1=S. The Morgan fingerprint density at radius 1 is 1.32 bits per heavy atom. The predicted molar refractivity (Wildman–Crippen MR) is 90.1 cm³/mol. The summed E-state index contributed by atoms with van der Waals surface area (Å²) in [5, 5.41) is 9.17. The molecule has 0 spiro atoms. The van der Waals surface area contributed by atoms with Crippen LogP contribution in [0.5, 0.6) is 0 Å². The van der Waals surface area contributed by atoms with Crippen molar-refractivity contribution in [2.24, 2.45) is 0 Å². The van der Waals surface area contributed by atoms with E-state index in [0.29, 0.717) is 18.0 Å². The molecular formula is C14H16N6S2. The number of nitrogens with zero attached hydrogens (tertiary/aromatic N) is 6. The van der Waals surface area contributed by atoms with Crippen LogP contribution in [0, 0.1) is 4.77 Å². The summed E-state index contributed by atoms with van der Waals surface area (Å²) in [5.74, 6) is 0. The minimum absolute atomic E-state index is 0.570. The zero-order chi connectivity index (χ0) is 15.5. The van der Waals surface area contributed by atoms with Crippen LogP contribution in [0.15, 0.2) is 36.9 Å². The van der Waals surface area contributed by atoms with Gasteiger partial charge < -0.3 is 0 Å². The van der Waals surface area contributed by atoms with Gasteiger partial charge in [-0.25, -0.2) is 14.3 Å². The molecule has 0 atom stereocenters. The van der Waals surface area contributed by atoms with E-state index in [1.165, 1.54) is 4.70 Å². The zero-order valence-electron chi connectivity index (χ0n) is 12.2. The lowest BCUT2D eigenvalue weighted by Crippen LogP contribution is -2.22. The van der Waals surface area contributed by atoms with Gasteiger partial charge in [0.2, 0.25) is 4.77 Å². The lowest BCUT2D eigenvalue weighted by molar-refractivity contribution is 0.241. The van der Waals surface area contributed by atoms with Crippen LogP contribution >= 0.6 is 23.6 Å². The van der Waals surface area contributed by atoms with Crippen molar-refractivity contribution in [1.82, 2.24) is 29.7 Å². The average molecular weight is 332 g/mol. The van der Waals surface area contributed by atoms with Crippen LogP contribution in [0.2, 0.25) is 0 Å². The van der Waals surface area contributed by atoms with Crippen molar-refractivity contribution in [3.05, 3.63) is 46.7 Å². The highest BCUT2D eigenvalue weighted by Gasteiger charge is 2.09. The Morgan fingerprint density at radius 2 is 2.09 bits per heavy atom. The van der Waals surface area contributed by atoms with Crippen LogP contribution in [0.3, 0.4) is 0 Å². The van der Waals surface area contributed by atoms with Gasteiger partial charge in [-0.15, -0.1) is 17.9 Å². The maximum Gasteiger partial charge on any atom is 0.217 e. The summed E-state index contributed by atoms with van der Waals surface area (Å²) < 4.78 is 5.15. The summed E-state index contributed by atoms with van der Waals surface area (Å²) in [6.07, 6.45) is 1.75. The molecule has 0 aliphatic rings. The number of aromatic nitrogens is 5. The number of benzene rings is 1. The summed E-state index contributed by atoms with van der Waals surface area (Å²) in [4.78, 5) is 6.75. The number of allylic oxidation sites excluding steroid dienone is 1. The molecule has 114 valence electrons. The van der Waals surface area contributed by atoms with Gasteiger partial charge in [-0.3, -0.25) is 4.90 Å². The van der Waals surface area contributed by atoms with Gasteiger partial charge in [0, 0.05) is 0 Å². The van der Waals surface area contributed by atoms with Crippen LogP contribution in [0.25, 0.3) is 10.2 Å². The van der Waals surface area contributed by atoms with Crippen molar-refractivity contribution in [3.8, 4) is 0 Å². The van der Waals surface area contributed by atoms with Crippen LogP contribution in [0.1, 0.15) is 5.01 Å². The number of para-hydroxylation sites is 1. The number of fused-ring (bicyclic) bond motifs is 1. The summed E-state index contributed by atoms with van der Waals surface area (Å²) >= 11 is 7.05. The molecule has 6 nitrogen and oxygen atoms in total. The molecule has 0 radical (unpaired) electrons. The Labute approximate surface area is 137 Å². The van der Waals surface area contributed by atoms with Crippen molar-refractivity contribution in [2.75, 3.05) is 7.05 Å². The Bertz CT molecular complexity index is 813. The molecule has 0 saturated heterocycles. The smallest absolute Gasteiger partial charge is 0.217 e. The minimum Gasteiger partial charge on any atom is -0.281 e. The number of hydrogen-bond acceptors (Lipinski definition) is 6. The van der Waals surface area contributed by atoms with Gasteiger partial charge in [0.25, 0.3) is 0 Å². The Hall–Kier alpha value is -1.90. The van der Waals surface area contributed by atoms with E-state index in [1.807, 2.05) is 25.2 Å². The first-order valence-corrected chi connectivity index (χ1v) is 8.04. The van der Waals surface area contributed by atoms with Gasteiger partial charge in [-0.05, 0) is 41.8 Å². The summed E-state index contributed by atoms with van der Waals surface area (Å²) in [6.45, 7) is 5.57. The van der Waals surface area contributed by atoms with E-state index in [9.17, 15) is 0 Å². The fourth-order valence-corrected chi connectivity index (χ4v) is 3.38. The van der Waals surface area contributed by atoms with E-state index < -0.39 is 0 Å². The standard InChI is InChI=1S/C14H16N6S2/c1-3-8-19-14(21)20(17-16-19)10-18(2)9-13-15-11-6-4-5-7-12(11)22-13/h3-7H,1,8-10H2,2H3. The summed E-state index contributed by atoms with van der Waals surface area (Å²) in [5.41, 5.74) is 1.05. The third-order valence-electron chi connectivity index (χ3n) is 3.12. The minimum atomic E-state index is 0.570. The zero-order valence-corrected chi connectivity index (χ0v) is 13.8. The number of hydrogen-bond donors (Lipinski definition) is 0. The molecule has 3 aromatic rings. The number of thiazole rings is 1. The maximum atomic E-state index is 5.34. The molecule has 2 aromatic heterocycles. The molecule has 0 bridgehead atoms. The molecule has 1 aromatic carbocycles. The molecule has 0 N–H and O–H groups in total. The van der Waals surface area contributed by atoms with Gasteiger partial charge in [0.1, 0.15) is 5.01 Å². The molecule has 0 aliphatic heterocycles. The molecule has 8 heteroatoms. The maximum absolute atomic E-state index is 5.34. The topological polar surface area (TPSA) is 51.8 Å². The fourth-order valence-electron chi connectivity index (χ4n) is 2.13. The quantitative estimate of drug-likeness (QED) is 0.513. The van der Waals surface area contributed by atoms with Crippen molar-refractivity contribution >= 4 is 33.8 Å². The Kier molecular flexibility index (Phi) is 4.41. The molecule has 0 saturated carbocycles. The van der Waals surface area contributed by atoms with Gasteiger partial charge in [-0.2, -0.15) is 0 Å². The van der Waals surface area contributed by atoms with Gasteiger partial charge in [0.15, 0.2) is 0 Å². The van der Waals surface area contributed by atoms with Gasteiger partial charge in [-0.1, -0.05) is 18.2 Å². The van der Waals surface area contributed by atoms with Crippen molar-refractivity contribution < 1.29 is 0 Å². The van der Waals surface area contributed by atoms with E-state index in [2.05, 4.69) is 33.0 Å². The van der Waals surface area contributed by atoms with Crippen molar-refractivity contribution in [3.63, 3.8) is 0 Å². The molecule has 22 heavy (non-hydrogen) atoms. The molecule has 0 unspecified atom stereocenters. The predicted octanol–water partition coefficient (Wildman–Crippen LogP) is 2.69. The summed E-state index contributed by atoms with van der Waals surface area (Å²) in [7, 11) is 2.01. The van der Waals surface area contributed by atoms with E-state index in [1.54, 1.807) is 26.8 Å². The first-order chi connectivity index (χ1) is 10.7. The van der Waals surface area contributed by atoms with E-state index in [4.69, 9.17) is 12.2 Å². The van der Waals surface area contributed by atoms with Gasteiger partial charge in [0.05, 0.1) is 30.0 Å². The summed E-state index contributed by atoms with van der Waals surface area (Å²) in [6, 6.07) is 8.16. The number of rotatable bonds is 6. The van der Waals surface area contributed by atoms with E-state index in [-0.39, 0.29) is 0 Å². The largest absolute Gasteiger partial charge is 0.281 e. The van der Waals surface area contributed by atoms with Crippen LogP contribution < -0.4 is 0 Å². The average Bonchev–Trinajstić information content (AvgIpc) is 3.05. The molecule has 0 aliphatic carbocycles. The molecular weight excluding hydrogens is 316 g/mol. The highest BCUT2D eigenvalue weighted by atomic mass is 32.1. The first kappa shape index (κ1) is 15.0. The monoisotopic (exact) mass is 332 g/mol. The van der Waals surface area contributed by atoms with E-state index in [0.717, 1.165) is 17.1 Å². The fraction of sp³-hybridized carbons (Fsp3) is 0.286. The molecule has 0 fully saturated rings. The van der Waals surface area contributed by atoms with Crippen molar-refractivity contribution in [1.29, 1.82) is 0 Å². The number of tetrazole rings is 1. The molecule has 3 rings (SSSR count). The van der Waals surface area contributed by atoms with Crippen molar-refractivity contribution in [2.45, 2.75) is 19.8 Å². The third kappa shape index (κ3) is 3.13. The van der Waals surface area contributed by atoms with Crippen LogP contribution in [-0.4, -0.2) is 36.7 Å². The normalized spacial score (nSPS) is 11.4. The Morgan fingerprint density at radius 3 is 2.86 bits per heavy atom. The molecule has 2 heterocycles. The van der Waals surface area contributed by atoms with Crippen LogP contribution in [-0.2, 0) is 19.8 Å². The highest BCUT2D eigenvalue weighted by Crippen LogP contribution is 2.22. The highest BCUT2D eigenvalue weighted by molar-refractivity contribution is 7.71. The molecule has 0 amide bonds. The first-order valence-electron chi connectivity index (χ1n) is 6.82. The third-order valence-corrected chi connectivity index (χ3v) is 4.56. The van der Waals surface area contributed by atoms with Crippen LogP contribution in [0.4, 0.5) is 0 Å². The van der Waals surface area contributed by atoms with Gasteiger partial charge >= 0.3 is 0 Å². The lowest BCUT2D eigenvalue weighted by Gasteiger charge is -2.13. The second-order valence-electron chi connectivity index (χ2n) is 4.96. The lowest BCUT2D eigenvalue weighted by atomic mass is 10.3. The second kappa shape index (κ2) is 6.47.